The predicted molar refractivity (Wildman–Crippen MR) is 144 cm³/mol. The van der Waals surface area contributed by atoms with Crippen LogP contribution in [0.25, 0.3) is 16.9 Å². The van der Waals surface area contributed by atoms with Crippen LogP contribution in [-0.2, 0) is 4.79 Å². The fraction of sp³-hybridized carbons (Fsp3) is 0.286. The number of anilines is 2. The van der Waals surface area contributed by atoms with Crippen molar-refractivity contribution in [3.8, 4) is 17.0 Å². The van der Waals surface area contributed by atoms with Gasteiger partial charge in [-0.25, -0.2) is 9.97 Å². The largest absolute Gasteiger partial charge is 0.435 e. The molecule has 1 aliphatic heterocycles. The number of aromatic nitrogens is 3. The molecule has 1 saturated heterocycles. The SMILES string of the molecule is Cc1cc(Nc2nccn3c(-c4ccc(OC(F)F)cc4)cnc23)ccc1C(=O)N1CCN(C(=O)[C@H](C)[NH3+])CC1. The highest BCUT2D eigenvalue weighted by Gasteiger charge is 2.28. The first-order valence-electron chi connectivity index (χ1n) is 12.9. The number of rotatable bonds is 7. The Bertz CT molecular complexity index is 1530. The molecule has 0 saturated carbocycles. The van der Waals surface area contributed by atoms with Crippen molar-refractivity contribution in [3.63, 3.8) is 0 Å². The van der Waals surface area contributed by atoms with E-state index in [9.17, 15) is 18.4 Å². The number of fused-ring (bicyclic) bond motifs is 1. The van der Waals surface area contributed by atoms with Crippen LogP contribution in [0.5, 0.6) is 5.75 Å². The van der Waals surface area contributed by atoms with Crippen LogP contribution in [0.4, 0.5) is 20.3 Å². The van der Waals surface area contributed by atoms with Gasteiger partial charge in [0.25, 0.3) is 11.8 Å². The van der Waals surface area contributed by atoms with Crippen LogP contribution in [-0.4, -0.2) is 74.8 Å². The van der Waals surface area contributed by atoms with Crippen molar-refractivity contribution in [1.82, 2.24) is 24.2 Å². The maximum atomic E-state index is 13.2. The third kappa shape index (κ3) is 5.57. The van der Waals surface area contributed by atoms with Crippen molar-refractivity contribution in [2.45, 2.75) is 26.5 Å². The van der Waals surface area contributed by atoms with Gasteiger partial charge >= 0.3 is 6.61 Å². The Labute approximate surface area is 229 Å². The van der Waals surface area contributed by atoms with E-state index in [4.69, 9.17) is 0 Å². The number of ether oxygens (including phenoxy) is 1. The smallest absolute Gasteiger partial charge is 0.387 e. The molecule has 1 aliphatic rings. The van der Waals surface area contributed by atoms with Crippen LogP contribution in [0.2, 0.25) is 0 Å². The zero-order valence-electron chi connectivity index (χ0n) is 22.2. The molecule has 0 bridgehead atoms. The summed E-state index contributed by atoms with van der Waals surface area (Å²) < 4.78 is 31.2. The topological polar surface area (TPSA) is 120 Å². The minimum Gasteiger partial charge on any atom is -0.435 e. The Hall–Kier alpha value is -4.58. The Kier molecular flexibility index (Phi) is 7.60. The van der Waals surface area contributed by atoms with E-state index in [-0.39, 0.29) is 23.6 Å². The molecule has 0 aliphatic carbocycles. The molecule has 10 nitrogen and oxygen atoms in total. The Morgan fingerprint density at radius 1 is 1.02 bits per heavy atom. The van der Waals surface area contributed by atoms with Gasteiger partial charge in [0.05, 0.1) is 11.9 Å². The number of amides is 2. The average Bonchev–Trinajstić information content (AvgIpc) is 3.38. The van der Waals surface area contributed by atoms with Crippen molar-refractivity contribution in [2.24, 2.45) is 0 Å². The average molecular weight is 551 g/mol. The number of quaternary nitrogens is 1. The van der Waals surface area contributed by atoms with Gasteiger partial charge in [0, 0.05) is 55.4 Å². The van der Waals surface area contributed by atoms with Gasteiger partial charge in [-0.1, -0.05) is 0 Å². The summed E-state index contributed by atoms with van der Waals surface area (Å²) in [5, 5.41) is 3.28. The number of aryl methyl sites for hydroxylation is 1. The fourth-order valence-electron chi connectivity index (χ4n) is 4.76. The number of carbonyl (C=O) groups is 2. The summed E-state index contributed by atoms with van der Waals surface area (Å²) in [5.74, 6) is 0.534. The molecule has 4 aromatic rings. The molecule has 3 heterocycles. The zero-order chi connectivity index (χ0) is 28.4. The lowest BCUT2D eigenvalue weighted by Gasteiger charge is -2.35. The van der Waals surface area contributed by atoms with Crippen molar-refractivity contribution in [3.05, 3.63) is 72.2 Å². The summed E-state index contributed by atoms with van der Waals surface area (Å²) in [4.78, 5) is 37.9. The molecule has 12 heteroatoms. The fourth-order valence-corrected chi connectivity index (χ4v) is 4.76. The number of nitrogens with one attached hydrogen (secondary N) is 1. The number of hydrogen-bond acceptors (Lipinski definition) is 6. The minimum absolute atomic E-state index is 0.00398. The van der Waals surface area contributed by atoms with E-state index in [1.165, 1.54) is 12.1 Å². The molecule has 1 atom stereocenters. The summed E-state index contributed by atoms with van der Waals surface area (Å²) in [7, 11) is 0. The molecule has 0 unspecified atom stereocenters. The van der Waals surface area contributed by atoms with Gasteiger partial charge in [-0.05, 0) is 61.9 Å². The van der Waals surface area contributed by atoms with Gasteiger partial charge in [0.15, 0.2) is 17.5 Å². The monoisotopic (exact) mass is 550 g/mol. The number of alkyl halides is 2. The van der Waals surface area contributed by atoms with Gasteiger partial charge in [0.2, 0.25) is 0 Å². The van der Waals surface area contributed by atoms with Crippen LogP contribution in [0.15, 0.2) is 61.1 Å². The van der Waals surface area contributed by atoms with Gasteiger partial charge in [-0.3, -0.25) is 14.0 Å². The molecule has 1 fully saturated rings. The van der Waals surface area contributed by atoms with E-state index in [0.717, 1.165) is 22.5 Å². The van der Waals surface area contributed by atoms with E-state index in [1.54, 1.807) is 53.5 Å². The highest BCUT2D eigenvalue weighted by atomic mass is 19.3. The molecular formula is C28H30F2N7O3+. The summed E-state index contributed by atoms with van der Waals surface area (Å²) in [6, 6.07) is 11.5. The summed E-state index contributed by atoms with van der Waals surface area (Å²) >= 11 is 0. The van der Waals surface area contributed by atoms with Gasteiger partial charge in [-0.15, -0.1) is 0 Å². The molecule has 0 radical (unpaired) electrons. The second-order valence-corrected chi connectivity index (χ2v) is 9.69. The molecule has 208 valence electrons. The van der Waals surface area contributed by atoms with Crippen LogP contribution in [0.1, 0.15) is 22.8 Å². The van der Waals surface area contributed by atoms with E-state index < -0.39 is 6.61 Å². The molecule has 40 heavy (non-hydrogen) atoms. The summed E-state index contributed by atoms with van der Waals surface area (Å²) in [6.07, 6.45) is 5.09. The van der Waals surface area contributed by atoms with Crippen LogP contribution >= 0.6 is 0 Å². The number of halogens is 2. The number of imidazole rings is 1. The zero-order valence-corrected chi connectivity index (χ0v) is 22.2. The van der Waals surface area contributed by atoms with Crippen LogP contribution in [0.3, 0.4) is 0 Å². The number of carbonyl (C=O) groups excluding carboxylic acids is 2. The number of hydrogen-bond donors (Lipinski definition) is 2. The standard InChI is InChI=1S/C28H29F2N7O3/c1-17-15-20(5-8-22(17)27(39)36-13-11-35(12-14-36)26(38)18(2)31)34-24-25-33-16-23(37(25)10-9-32-24)19-3-6-21(7-4-19)40-28(29)30/h3-10,15-16,18,28H,11-14,31H2,1-2H3,(H,32,34)/p+1/t18-/m0/s1. The quantitative estimate of drug-likeness (QED) is 0.365. The summed E-state index contributed by atoms with van der Waals surface area (Å²) in [5.41, 5.74) is 8.05. The third-order valence-electron chi connectivity index (χ3n) is 6.82. The molecule has 2 aromatic heterocycles. The van der Waals surface area contributed by atoms with Crippen LogP contribution in [0, 0.1) is 6.92 Å². The van der Waals surface area contributed by atoms with Crippen molar-refractivity contribution < 1.29 is 28.8 Å². The maximum absolute atomic E-state index is 13.2. The second-order valence-electron chi connectivity index (χ2n) is 9.69. The third-order valence-corrected chi connectivity index (χ3v) is 6.82. The predicted octanol–water partition coefficient (Wildman–Crippen LogP) is 2.96. The highest BCUT2D eigenvalue weighted by Crippen LogP contribution is 2.28. The number of piperazine rings is 1. The molecular weight excluding hydrogens is 520 g/mol. The van der Waals surface area contributed by atoms with Gasteiger partial charge < -0.3 is 25.6 Å². The maximum Gasteiger partial charge on any atom is 0.387 e. The lowest BCUT2D eigenvalue weighted by Crippen LogP contribution is -2.67. The van der Waals surface area contributed by atoms with Crippen LogP contribution < -0.4 is 15.8 Å². The highest BCUT2D eigenvalue weighted by molar-refractivity contribution is 5.96. The normalized spacial score (nSPS) is 14.4. The Morgan fingerprint density at radius 2 is 1.73 bits per heavy atom. The van der Waals surface area contributed by atoms with E-state index in [1.807, 2.05) is 23.5 Å². The summed E-state index contributed by atoms with van der Waals surface area (Å²) in [6.45, 7) is 2.73. The Morgan fingerprint density at radius 3 is 2.38 bits per heavy atom. The van der Waals surface area contributed by atoms with E-state index >= 15 is 0 Å². The van der Waals surface area contributed by atoms with Crippen molar-refractivity contribution in [2.75, 3.05) is 31.5 Å². The molecule has 5 rings (SSSR count). The van der Waals surface area contributed by atoms with E-state index in [0.29, 0.717) is 43.2 Å². The first-order chi connectivity index (χ1) is 19.2. The molecule has 0 spiro atoms. The molecule has 2 amide bonds. The lowest BCUT2D eigenvalue weighted by atomic mass is 10.1. The minimum atomic E-state index is -2.88. The lowest BCUT2D eigenvalue weighted by molar-refractivity contribution is -0.400. The number of nitrogens with zero attached hydrogens (tertiary/aromatic N) is 5. The Balaban J connectivity index is 1.30. The first-order valence-corrected chi connectivity index (χ1v) is 12.9. The van der Waals surface area contributed by atoms with Crippen molar-refractivity contribution >= 4 is 29.0 Å². The van der Waals surface area contributed by atoms with E-state index in [2.05, 4.69) is 25.8 Å². The van der Waals surface area contributed by atoms with Gasteiger partial charge in [-0.2, -0.15) is 8.78 Å². The second kappa shape index (κ2) is 11.3. The number of benzene rings is 2. The molecule has 2 aromatic carbocycles. The van der Waals surface area contributed by atoms with Crippen molar-refractivity contribution in [1.29, 1.82) is 0 Å². The van der Waals surface area contributed by atoms with Gasteiger partial charge in [0.1, 0.15) is 5.75 Å². The molecule has 4 N–H and O–H groups in total. The first kappa shape index (κ1) is 27.0.